The van der Waals surface area contributed by atoms with Crippen LogP contribution in [0.3, 0.4) is 0 Å². The Bertz CT molecular complexity index is 1200. The van der Waals surface area contributed by atoms with Gasteiger partial charge in [0.2, 0.25) is 0 Å². The molecule has 1 aromatic carbocycles. The molecule has 3 aromatic rings. The molecule has 0 aliphatic carbocycles. The third-order valence-electron chi connectivity index (χ3n) is 5.74. The zero-order valence-corrected chi connectivity index (χ0v) is 18.1. The lowest BCUT2D eigenvalue weighted by molar-refractivity contribution is 0.0546. The summed E-state index contributed by atoms with van der Waals surface area (Å²) in [5, 5.41) is 17.0. The molecule has 2 aromatic heterocycles. The lowest BCUT2D eigenvalue weighted by Crippen LogP contribution is -2.40. The van der Waals surface area contributed by atoms with E-state index in [-0.39, 0.29) is 17.6 Å². The number of pyridine rings is 1. The molecule has 4 N–H and O–H groups in total. The molecule has 0 bridgehead atoms. The van der Waals surface area contributed by atoms with Crippen LogP contribution in [0.2, 0.25) is 0 Å². The maximum atomic E-state index is 12.6. The number of nitrogen functional groups attached to an aromatic ring is 1. The molecular formula is C23H26N6O3. The molecule has 0 radical (unpaired) electrons. The number of hydrogen-bond acceptors (Lipinski definition) is 7. The van der Waals surface area contributed by atoms with Crippen molar-refractivity contribution in [1.29, 1.82) is 0 Å². The Balaban J connectivity index is 1.56. The zero-order chi connectivity index (χ0) is 22.8. The van der Waals surface area contributed by atoms with Gasteiger partial charge in [-0.3, -0.25) is 9.59 Å². The fraction of sp³-hybridized carbons (Fsp3) is 0.304. The first-order chi connectivity index (χ1) is 15.3. The number of nitrogens with zero attached hydrogens (tertiary/aromatic N) is 4. The number of benzene rings is 1. The van der Waals surface area contributed by atoms with Crippen LogP contribution >= 0.6 is 0 Å². The Hall–Kier alpha value is -3.72. The van der Waals surface area contributed by atoms with E-state index in [2.05, 4.69) is 15.4 Å². The first-order valence-corrected chi connectivity index (χ1v) is 10.5. The van der Waals surface area contributed by atoms with E-state index < -0.39 is 0 Å². The van der Waals surface area contributed by atoms with Crippen molar-refractivity contribution in [2.24, 2.45) is 7.05 Å². The van der Waals surface area contributed by atoms with Gasteiger partial charge in [0.1, 0.15) is 11.5 Å². The molecule has 0 unspecified atom stereocenters. The van der Waals surface area contributed by atoms with Gasteiger partial charge in [-0.25, -0.2) is 9.67 Å². The average molecular weight is 435 g/mol. The van der Waals surface area contributed by atoms with Crippen molar-refractivity contribution in [1.82, 2.24) is 19.7 Å². The number of amides is 1. The highest BCUT2D eigenvalue weighted by Gasteiger charge is 2.22. The molecule has 3 heterocycles. The van der Waals surface area contributed by atoms with E-state index in [4.69, 9.17) is 5.73 Å². The minimum Gasteiger partial charge on any atom is -0.398 e. The van der Waals surface area contributed by atoms with Crippen molar-refractivity contribution in [2.45, 2.75) is 25.9 Å². The number of aromatic nitrogens is 3. The Labute approximate surface area is 185 Å². The van der Waals surface area contributed by atoms with E-state index in [9.17, 15) is 14.7 Å². The summed E-state index contributed by atoms with van der Waals surface area (Å²) in [5.74, 6) is 0.323. The number of hydrogen-bond donors (Lipinski definition) is 3. The fourth-order valence-electron chi connectivity index (χ4n) is 3.74. The molecule has 0 saturated carbocycles. The molecule has 1 amide bonds. The molecule has 32 heavy (non-hydrogen) atoms. The van der Waals surface area contributed by atoms with E-state index in [0.717, 1.165) is 11.1 Å². The Morgan fingerprint density at radius 1 is 1.22 bits per heavy atom. The SMILES string of the molecule is Cc1c(N)cccc1-c1cc(Nc2ccc(C(=O)N3CCC(O)CC3)cn2)c(=O)n(C)n1. The van der Waals surface area contributed by atoms with Crippen molar-refractivity contribution in [3.8, 4) is 11.3 Å². The maximum absolute atomic E-state index is 12.6. The van der Waals surface area contributed by atoms with Crippen molar-refractivity contribution in [2.75, 3.05) is 24.1 Å². The molecule has 1 saturated heterocycles. The van der Waals surface area contributed by atoms with Gasteiger partial charge in [0.25, 0.3) is 11.5 Å². The highest BCUT2D eigenvalue weighted by atomic mass is 16.3. The van der Waals surface area contributed by atoms with Gasteiger partial charge < -0.3 is 21.1 Å². The van der Waals surface area contributed by atoms with Gasteiger partial charge >= 0.3 is 0 Å². The molecule has 1 aliphatic heterocycles. The summed E-state index contributed by atoms with van der Waals surface area (Å²) in [4.78, 5) is 31.3. The summed E-state index contributed by atoms with van der Waals surface area (Å²) in [6.07, 6.45) is 2.32. The largest absolute Gasteiger partial charge is 0.398 e. The summed E-state index contributed by atoms with van der Waals surface area (Å²) in [6, 6.07) is 10.6. The monoisotopic (exact) mass is 434 g/mol. The summed E-state index contributed by atoms with van der Waals surface area (Å²) in [6.45, 7) is 2.96. The maximum Gasteiger partial charge on any atom is 0.290 e. The highest BCUT2D eigenvalue weighted by Crippen LogP contribution is 2.26. The Kier molecular flexibility index (Phi) is 5.91. The second-order valence-corrected chi connectivity index (χ2v) is 7.97. The predicted octanol–water partition coefficient (Wildman–Crippen LogP) is 2.07. The molecule has 4 rings (SSSR count). The number of carbonyl (C=O) groups is 1. The van der Waals surface area contributed by atoms with E-state index >= 15 is 0 Å². The van der Waals surface area contributed by atoms with Gasteiger partial charge in [-0.2, -0.15) is 5.10 Å². The van der Waals surface area contributed by atoms with Crippen molar-refractivity contribution in [3.05, 3.63) is 64.1 Å². The minimum atomic E-state index is -0.340. The molecular weight excluding hydrogens is 408 g/mol. The topological polar surface area (TPSA) is 126 Å². The number of aryl methyl sites for hydroxylation is 1. The molecule has 9 nitrogen and oxygen atoms in total. The lowest BCUT2D eigenvalue weighted by atomic mass is 10.0. The molecule has 0 atom stereocenters. The number of likely N-dealkylation sites (tertiary alicyclic amines) is 1. The van der Waals surface area contributed by atoms with Crippen LogP contribution in [0.15, 0.2) is 47.4 Å². The van der Waals surface area contributed by atoms with Gasteiger partial charge in [0.15, 0.2) is 0 Å². The first-order valence-electron chi connectivity index (χ1n) is 10.5. The van der Waals surface area contributed by atoms with Crippen molar-refractivity contribution < 1.29 is 9.90 Å². The molecule has 9 heteroatoms. The van der Waals surface area contributed by atoms with Crippen LogP contribution in [0.5, 0.6) is 0 Å². The number of aliphatic hydroxyl groups excluding tert-OH is 1. The summed E-state index contributed by atoms with van der Waals surface area (Å²) >= 11 is 0. The average Bonchev–Trinajstić information content (AvgIpc) is 2.79. The van der Waals surface area contributed by atoms with Crippen molar-refractivity contribution >= 4 is 23.1 Å². The standard InChI is InChI=1S/C23H26N6O3/c1-14-17(4-3-5-18(14)24)19-12-20(23(32)28(2)27-19)26-21-7-6-15(13-25-21)22(31)29-10-8-16(30)9-11-29/h3-7,12-13,16,30H,8-11,24H2,1-2H3,(H,25,26). The van der Waals surface area contributed by atoms with Crippen LogP contribution < -0.4 is 16.6 Å². The molecule has 1 aliphatic rings. The van der Waals surface area contributed by atoms with E-state index in [0.29, 0.717) is 54.4 Å². The second-order valence-electron chi connectivity index (χ2n) is 7.97. The smallest absolute Gasteiger partial charge is 0.290 e. The molecule has 0 spiro atoms. The van der Waals surface area contributed by atoms with E-state index in [1.807, 2.05) is 25.1 Å². The number of piperidine rings is 1. The van der Waals surface area contributed by atoms with E-state index in [1.54, 1.807) is 30.1 Å². The highest BCUT2D eigenvalue weighted by molar-refractivity contribution is 5.94. The fourth-order valence-corrected chi connectivity index (χ4v) is 3.74. The summed E-state index contributed by atoms with van der Waals surface area (Å²) in [5.41, 5.74) is 9.48. The molecule has 166 valence electrons. The zero-order valence-electron chi connectivity index (χ0n) is 18.1. The number of rotatable bonds is 4. The van der Waals surface area contributed by atoms with Gasteiger partial charge in [0.05, 0.1) is 17.4 Å². The van der Waals surface area contributed by atoms with Crippen LogP contribution in [0.1, 0.15) is 28.8 Å². The molecule has 1 fully saturated rings. The van der Waals surface area contributed by atoms with Gasteiger partial charge in [-0.1, -0.05) is 12.1 Å². The van der Waals surface area contributed by atoms with Gasteiger partial charge in [-0.05, 0) is 49.6 Å². The third kappa shape index (κ3) is 4.33. The van der Waals surface area contributed by atoms with Crippen LogP contribution in [-0.4, -0.2) is 49.9 Å². The number of anilines is 3. The third-order valence-corrected chi connectivity index (χ3v) is 5.74. The first kappa shape index (κ1) is 21.5. The van der Waals surface area contributed by atoms with Gasteiger partial charge in [0, 0.05) is 37.6 Å². The van der Waals surface area contributed by atoms with Crippen molar-refractivity contribution in [3.63, 3.8) is 0 Å². The normalized spacial score (nSPS) is 14.4. The van der Waals surface area contributed by atoms with Crippen LogP contribution in [0, 0.1) is 6.92 Å². The van der Waals surface area contributed by atoms with Crippen LogP contribution in [-0.2, 0) is 7.05 Å². The number of nitrogens with one attached hydrogen (secondary N) is 1. The minimum absolute atomic E-state index is 0.116. The van der Waals surface area contributed by atoms with Gasteiger partial charge in [-0.15, -0.1) is 0 Å². The summed E-state index contributed by atoms with van der Waals surface area (Å²) < 4.78 is 1.27. The number of carbonyl (C=O) groups excluding carboxylic acids is 1. The van der Waals surface area contributed by atoms with Crippen LogP contribution in [0.4, 0.5) is 17.2 Å². The number of nitrogens with two attached hydrogens (primary N) is 1. The number of aliphatic hydroxyl groups is 1. The Morgan fingerprint density at radius 3 is 2.66 bits per heavy atom. The summed E-state index contributed by atoms with van der Waals surface area (Å²) in [7, 11) is 1.59. The lowest BCUT2D eigenvalue weighted by Gasteiger charge is -2.29. The van der Waals surface area contributed by atoms with Crippen LogP contribution in [0.25, 0.3) is 11.3 Å². The Morgan fingerprint density at radius 2 is 1.97 bits per heavy atom. The quantitative estimate of drug-likeness (QED) is 0.537. The van der Waals surface area contributed by atoms with E-state index in [1.165, 1.54) is 10.9 Å². The predicted molar refractivity (Wildman–Crippen MR) is 123 cm³/mol. The second kappa shape index (κ2) is 8.80.